The van der Waals surface area contributed by atoms with Crippen molar-refractivity contribution in [2.45, 2.75) is 25.9 Å². The van der Waals surface area contributed by atoms with Gasteiger partial charge in [-0.15, -0.1) is 11.3 Å². The Morgan fingerprint density at radius 2 is 2.04 bits per heavy atom. The molecule has 1 N–H and O–H groups in total. The van der Waals surface area contributed by atoms with Crippen LogP contribution in [-0.4, -0.2) is 21.5 Å². The zero-order valence-corrected chi connectivity index (χ0v) is 13.7. The van der Waals surface area contributed by atoms with Crippen molar-refractivity contribution < 1.29 is 13.2 Å². The zero-order valence-electron chi connectivity index (χ0n) is 12.9. The highest BCUT2D eigenvalue weighted by molar-refractivity contribution is 7.18. The van der Waals surface area contributed by atoms with Crippen LogP contribution in [0.3, 0.4) is 0 Å². The summed E-state index contributed by atoms with van der Waals surface area (Å²) in [5, 5.41) is 3.64. The predicted octanol–water partition coefficient (Wildman–Crippen LogP) is 4.46. The molecule has 0 bridgehead atoms. The SMILES string of the molecule is Cc1cc2c(NCCCc3ccccn3)nc(C(F)(F)F)nc2s1. The standard InChI is InChI=1S/C16H15F3N4S/c1-10-9-12-13(21-8-4-6-11-5-2-3-7-20-11)22-15(16(17,18)19)23-14(12)24-10/h2-3,5,7,9H,4,6,8H2,1H3,(H,21,22,23). The van der Waals surface area contributed by atoms with Gasteiger partial charge in [0.2, 0.25) is 5.82 Å². The number of aromatic nitrogens is 3. The summed E-state index contributed by atoms with van der Waals surface area (Å²) in [6.07, 6.45) is -1.35. The van der Waals surface area contributed by atoms with E-state index >= 15 is 0 Å². The Kier molecular flexibility index (Phi) is 4.66. The van der Waals surface area contributed by atoms with E-state index in [1.807, 2.05) is 25.1 Å². The van der Waals surface area contributed by atoms with E-state index in [0.717, 1.165) is 23.4 Å². The summed E-state index contributed by atoms with van der Waals surface area (Å²) in [5.41, 5.74) is 0.953. The van der Waals surface area contributed by atoms with Crippen LogP contribution in [0.5, 0.6) is 0 Å². The van der Waals surface area contributed by atoms with Crippen molar-refractivity contribution in [1.29, 1.82) is 0 Å². The number of alkyl halides is 3. The van der Waals surface area contributed by atoms with Gasteiger partial charge in [-0.3, -0.25) is 4.98 Å². The second-order valence-corrected chi connectivity index (χ2v) is 6.56. The largest absolute Gasteiger partial charge is 0.451 e. The maximum absolute atomic E-state index is 13.0. The van der Waals surface area contributed by atoms with Crippen molar-refractivity contribution in [3.8, 4) is 0 Å². The Bertz CT molecular complexity index is 830. The number of rotatable bonds is 5. The number of halogens is 3. The van der Waals surface area contributed by atoms with E-state index in [4.69, 9.17) is 0 Å². The number of hydrogen-bond donors (Lipinski definition) is 1. The normalized spacial score (nSPS) is 11.8. The molecular weight excluding hydrogens is 337 g/mol. The van der Waals surface area contributed by atoms with Gasteiger partial charge >= 0.3 is 6.18 Å². The summed E-state index contributed by atoms with van der Waals surface area (Å²) in [7, 11) is 0. The third-order valence-electron chi connectivity index (χ3n) is 3.40. The lowest BCUT2D eigenvalue weighted by Gasteiger charge is -2.10. The first-order chi connectivity index (χ1) is 11.4. The Morgan fingerprint density at radius 1 is 1.21 bits per heavy atom. The van der Waals surface area contributed by atoms with E-state index in [1.165, 1.54) is 11.3 Å². The van der Waals surface area contributed by atoms with Gasteiger partial charge in [-0.25, -0.2) is 9.97 Å². The minimum atomic E-state index is -4.56. The van der Waals surface area contributed by atoms with Crippen LogP contribution in [0.1, 0.15) is 22.8 Å². The van der Waals surface area contributed by atoms with E-state index in [9.17, 15) is 13.2 Å². The van der Waals surface area contributed by atoms with Crippen molar-refractivity contribution >= 4 is 27.4 Å². The molecule has 3 aromatic heterocycles. The number of fused-ring (bicyclic) bond motifs is 1. The fraction of sp³-hybridized carbons (Fsp3) is 0.312. The smallest absolute Gasteiger partial charge is 0.369 e. The summed E-state index contributed by atoms with van der Waals surface area (Å²) < 4.78 is 38.9. The van der Waals surface area contributed by atoms with Crippen molar-refractivity contribution in [2.24, 2.45) is 0 Å². The monoisotopic (exact) mass is 352 g/mol. The molecule has 0 aliphatic rings. The van der Waals surface area contributed by atoms with Crippen LogP contribution >= 0.6 is 11.3 Å². The first-order valence-corrected chi connectivity index (χ1v) is 8.24. The van der Waals surface area contributed by atoms with Crippen LogP contribution in [0.25, 0.3) is 10.2 Å². The Hall–Kier alpha value is -2.22. The van der Waals surface area contributed by atoms with Crippen LogP contribution in [0.4, 0.5) is 19.0 Å². The predicted molar refractivity (Wildman–Crippen MR) is 88.2 cm³/mol. The van der Waals surface area contributed by atoms with Crippen LogP contribution in [0.2, 0.25) is 0 Å². The topological polar surface area (TPSA) is 50.7 Å². The minimum Gasteiger partial charge on any atom is -0.369 e. The van der Waals surface area contributed by atoms with Gasteiger partial charge in [-0.1, -0.05) is 6.07 Å². The van der Waals surface area contributed by atoms with Gasteiger partial charge in [0.25, 0.3) is 0 Å². The molecule has 0 saturated heterocycles. The van der Waals surface area contributed by atoms with Gasteiger partial charge in [0.1, 0.15) is 10.6 Å². The molecular formula is C16H15F3N4S. The van der Waals surface area contributed by atoms with Crippen molar-refractivity contribution in [3.05, 3.63) is 46.9 Å². The third kappa shape index (κ3) is 3.81. The first kappa shape index (κ1) is 16.6. The quantitative estimate of drug-likeness (QED) is 0.689. The summed E-state index contributed by atoms with van der Waals surface area (Å²) in [6.45, 7) is 2.35. The molecule has 3 rings (SSSR count). The fourth-order valence-corrected chi connectivity index (χ4v) is 3.21. The number of pyridine rings is 1. The molecule has 3 heterocycles. The van der Waals surface area contributed by atoms with Crippen molar-refractivity contribution in [2.75, 3.05) is 11.9 Å². The molecule has 0 atom stereocenters. The van der Waals surface area contributed by atoms with Gasteiger partial charge in [0, 0.05) is 23.3 Å². The number of anilines is 1. The highest BCUT2D eigenvalue weighted by Gasteiger charge is 2.35. The fourth-order valence-electron chi connectivity index (χ4n) is 2.33. The molecule has 0 aromatic carbocycles. The van der Waals surface area contributed by atoms with E-state index in [1.54, 1.807) is 12.3 Å². The molecule has 0 aliphatic carbocycles. The second kappa shape index (κ2) is 6.72. The molecule has 0 unspecified atom stereocenters. The van der Waals surface area contributed by atoms with E-state index in [0.29, 0.717) is 16.8 Å². The molecule has 0 amide bonds. The summed E-state index contributed by atoms with van der Waals surface area (Å²) in [4.78, 5) is 12.8. The molecule has 126 valence electrons. The lowest BCUT2D eigenvalue weighted by atomic mass is 10.2. The summed E-state index contributed by atoms with van der Waals surface area (Å²) in [5.74, 6) is -0.873. The number of thiophene rings is 1. The van der Waals surface area contributed by atoms with Crippen LogP contribution < -0.4 is 5.32 Å². The molecule has 3 aromatic rings. The summed E-state index contributed by atoms with van der Waals surface area (Å²) in [6, 6.07) is 7.48. The van der Waals surface area contributed by atoms with Crippen molar-refractivity contribution in [1.82, 2.24) is 15.0 Å². The van der Waals surface area contributed by atoms with Crippen LogP contribution in [-0.2, 0) is 12.6 Å². The molecule has 8 heteroatoms. The van der Waals surface area contributed by atoms with Gasteiger partial charge < -0.3 is 5.32 Å². The van der Waals surface area contributed by atoms with Crippen LogP contribution in [0.15, 0.2) is 30.5 Å². The van der Waals surface area contributed by atoms with E-state index in [2.05, 4.69) is 20.3 Å². The maximum atomic E-state index is 13.0. The number of hydrogen-bond acceptors (Lipinski definition) is 5. The average molecular weight is 352 g/mol. The highest BCUT2D eigenvalue weighted by Crippen LogP contribution is 2.33. The van der Waals surface area contributed by atoms with E-state index in [-0.39, 0.29) is 5.82 Å². The Labute approximate surface area is 140 Å². The molecule has 24 heavy (non-hydrogen) atoms. The Balaban J connectivity index is 1.75. The molecule has 0 aliphatic heterocycles. The number of nitrogens with one attached hydrogen (secondary N) is 1. The van der Waals surface area contributed by atoms with Gasteiger partial charge in [0.15, 0.2) is 0 Å². The zero-order chi connectivity index (χ0) is 17.2. The molecule has 0 fully saturated rings. The lowest BCUT2D eigenvalue weighted by molar-refractivity contribution is -0.144. The molecule has 0 radical (unpaired) electrons. The number of nitrogens with zero attached hydrogens (tertiary/aromatic N) is 3. The maximum Gasteiger partial charge on any atom is 0.451 e. The molecule has 0 spiro atoms. The number of aryl methyl sites for hydroxylation is 2. The van der Waals surface area contributed by atoms with Crippen molar-refractivity contribution in [3.63, 3.8) is 0 Å². The average Bonchev–Trinajstić information content (AvgIpc) is 2.92. The van der Waals surface area contributed by atoms with E-state index < -0.39 is 12.0 Å². The van der Waals surface area contributed by atoms with Gasteiger partial charge in [-0.2, -0.15) is 13.2 Å². The first-order valence-electron chi connectivity index (χ1n) is 7.42. The molecule has 0 saturated carbocycles. The van der Waals surface area contributed by atoms with Crippen LogP contribution in [0, 0.1) is 6.92 Å². The van der Waals surface area contributed by atoms with Gasteiger partial charge in [0.05, 0.1) is 5.39 Å². The molecule has 4 nitrogen and oxygen atoms in total. The second-order valence-electron chi connectivity index (χ2n) is 5.32. The minimum absolute atomic E-state index is 0.234. The van der Waals surface area contributed by atoms with Gasteiger partial charge in [-0.05, 0) is 38.0 Å². The highest BCUT2D eigenvalue weighted by atomic mass is 32.1. The lowest BCUT2D eigenvalue weighted by Crippen LogP contribution is -2.14. The Morgan fingerprint density at radius 3 is 2.75 bits per heavy atom. The summed E-state index contributed by atoms with van der Waals surface area (Å²) >= 11 is 1.23. The third-order valence-corrected chi connectivity index (χ3v) is 4.34.